The Hall–Kier alpha value is -1.88. The summed E-state index contributed by atoms with van der Waals surface area (Å²) in [4.78, 5) is 12.1. The maximum absolute atomic E-state index is 11.8. The van der Waals surface area contributed by atoms with E-state index in [9.17, 15) is 13.2 Å². The summed E-state index contributed by atoms with van der Waals surface area (Å²) in [6.45, 7) is 5.46. The topological polar surface area (TPSA) is 56.1 Å². The van der Waals surface area contributed by atoms with Gasteiger partial charge in [-0.25, -0.2) is 8.42 Å². The lowest BCUT2D eigenvalue weighted by Crippen LogP contribution is -2.04. The lowest BCUT2D eigenvalue weighted by Gasteiger charge is -2.08. The summed E-state index contributed by atoms with van der Waals surface area (Å²) in [6, 6.07) is 6.75. The van der Waals surface area contributed by atoms with Gasteiger partial charge in [-0.2, -0.15) is 0 Å². The highest BCUT2D eigenvalue weighted by Crippen LogP contribution is 2.30. The van der Waals surface area contributed by atoms with E-state index in [0.717, 1.165) is 22.4 Å². The van der Waals surface area contributed by atoms with Gasteiger partial charge >= 0.3 is 0 Å². The lowest BCUT2D eigenvalue weighted by molar-refractivity contribution is 0.100. The van der Waals surface area contributed by atoms with Crippen molar-refractivity contribution in [1.82, 2.24) is 4.57 Å². The third-order valence-electron chi connectivity index (χ3n) is 3.83. The van der Waals surface area contributed by atoms with Crippen molar-refractivity contribution in [3.63, 3.8) is 0 Å². The van der Waals surface area contributed by atoms with Crippen LogP contribution in [0.3, 0.4) is 0 Å². The highest BCUT2D eigenvalue weighted by Gasteiger charge is 2.19. The Morgan fingerprint density at radius 1 is 1.05 bits per heavy atom. The molecule has 1 aromatic heterocycles. The predicted molar refractivity (Wildman–Crippen MR) is 83.4 cm³/mol. The van der Waals surface area contributed by atoms with Gasteiger partial charge in [0, 0.05) is 20.2 Å². The first-order chi connectivity index (χ1) is 9.64. The Morgan fingerprint density at radius 3 is 1.95 bits per heavy atom. The molecule has 21 heavy (non-hydrogen) atoms. The maximum Gasteiger partial charge on any atom is 0.176 e. The van der Waals surface area contributed by atoms with E-state index >= 15 is 0 Å². The van der Waals surface area contributed by atoms with Crippen LogP contribution in [0.25, 0.3) is 11.3 Å². The Kier molecular flexibility index (Phi) is 3.80. The number of hydrogen-bond donors (Lipinski definition) is 0. The molecule has 0 spiro atoms. The van der Waals surface area contributed by atoms with Crippen LogP contribution in [0.4, 0.5) is 0 Å². The molecule has 0 fully saturated rings. The van der Waals surface area contributed by atoms with Crippen LogP contribution in [-0.2, 0) is 16.9 Å². The van der Waals surface area contributed by atoms with Gasteiger partial charge in [0.1, 0.15) is 0 Å². The number of carbonyl (C=O) groups excluding carboxylic acids is 1. The molecule has 2 aromatic rings. The Morgan fingerprint density at radius 2 is 1.57 bits per heavy atom. The highest BCUT2D eigenvalue weighted by molar-refractivity contribution is 7.90. The SMILES string of the molecule is CC(=O)c1c(C)c(C)c(-c2ccc(S(C)(=O)=O)cc2)n1C. The molecule has 0 aliphatic heterocycles. The molecule has 0 aliphatic rings. The Labute approximate surface area is 125 Å². The van der Waals surface area contributed by atoms with Gasteiger partial charge in [-0.15, -0.1) is 0 Å². The van der Waals surface area contributed by atoms with E-state index in [-0.39, 0.29) is 5.78 Å². The molecule has 0 saturated heterocycles. The van der Waals surface area contributed by atoms with E-state index < -0.39 is 9.84 Å². The van der Waals surface area contributed by atoms with Crippen LogP contribution in [-0.4, -0.2) is 25.0 Å². The second kappa shape index (κ2) is 5.15. The molecule has 2 rings (SSSR count). The van der Waals surface area contributed by atoms with Crippen molar-refractivity contribution in [2.75, 3.05) is 6.26 Å². The molecule has 0 unspecified atom stereocenters. The van der Waals surface area contributed by atoms with Crippen molar-refractivity contribution in [2.45, 2.75) is 25.7 Å². The molecule has 5 heteroatoms. The third kappa shape index (κ3) is 2.65. The minimum Gasteiger partial charge on any atom is -0.341 e. The number of sulfone groups is 1. The van der Waals surface area contributed by atoms with E-state index in [4.69, 9.17) is 0 Å². The van der Waals surface area contributed by atoms with Gasteiger partial charge in [0.15, 0.2) is 15.6 Å². The van der Waals surface area contributed by atoms with Gasteiger partial charge in [0.2, 0.25) is 0 Å². The molecule has 4 nitrogen and oxygen atoms in total. The average Bonchev–Trinajstić information content (AvgIpc) is 2.59. The smallest absolute Gasteiger partial charge is 0.176 e. The van der Waals surface area contributed by atoms with E-state index in [1.807, 2.05) is 25.5 Å². The number of Topliss-reactive ketones (excluding diaryl/α,β-unsaturated/α-hetero) is 1. The van der Waals surface area contributed by atoms with Crippen molar-refractivity contribution in [2.24, 2.45) is 7.05 Å². The quantitative estimate of drug-likeness (QED) is 0.819. The monoisotopic (exact) mass is 305 g/mol. The molecule has 0 aliphatic carbocycles. The third-order valence-corrected chi connectivity index (χ3v) is 4.96. The molecular weight excluding hydrogens is 286 g/mol. The fourth-order valence-corrected chi connectivity index (χ4v) is 3.37. The second-order valence-corrected chi connectivity index (χ2v) is 7.37. The molecule has 1 aromatic carbocycles. The zero-order chi connectivity index (χ0) is 15.9. The van der Waals surface area contributed by atoms with Crippen molar-refractivity contribution < 1.29 is 13.2 Å². The molecule has 0 radical (unpaired) electrons. The number of aromatic nitrogens is 1. The fourth-order valence-electron chi connectivity index (χ4n) is 2.74. The van der Waals surface area contributed by atoms with E-state index in [0.29, 0.717) is 10.6 Å². The summed E-state index contributed by atoms with van der Waals surface area (Å²) in [7, 11) is -1.34. The Bertz CT molecular complexity index is 812. The number of carbonyl (C=O) groups is 1. The van der Waals surface area contributed by atoms with Gasteiger partial charge in [0.25, 0.3) is 0 Å². The molecular formula is C16H19NO3S. The van der Waals surface area contributed by atoms with Crippen LogP contribution >= 0.6 is 0 Å². The first-order valence-corrected chi connectivity index (χ1v) is 8.51. The standard InChI is InChI=1S/C16H19NO3S/c1-10-11(2)16(17(4)15(10)12(3)18)13-6-8-14(9-7-13)21(5,19)20/h6-9H,1-5H3. The summed E-state index contributed by atoms with van der Waals surface area (Å²) in [5, 5.41) is 0. The molecule has 112 valence electrons. The van der Waals surface area contributed by atoms with E-state index in [1.54, 1.807) is 31.2 Å². The van der Waals surface area contributed by atoms with Crippen LogP contribution in [0.15, 0.2) is 29.2 Å². The van der Waals surface area contributed by atoms with Gasteiger partial charge < -0.3 is 4.57 Å². The minimum absolute atomic E-state index is 0.0251. The largest absolute Gasteiger partial charge is 0.341 e. The second-order valence-electron chi connectivity index (χ2n) is 5.36. The van der Waals surface area contributed by atoms with Crippen LogP contribution in [0.5, 0.6) is 0 Å². The number of ketones is 1. The van der Waals surface area contributed by atoms with Gasteiger partial charge in [-0.05, 0) is 42.7 Å². The van der Waals surface area contributed by atoms with E-state index in [2.05, 4.69) is 0 Å². The van der Waals surface area contributed by atoms with Crippen LogP contribution < -0.4 is 0 Å². The minimum atomic E-state index is -3.20. The summed E-state index contributed by atoms with van der Waals surface area (Å²) >= 11 is 0. The zero-order valence-electron chi connectivity index (χ0n) is 12.9. The molecule has 0 amide bonds. The first kappa shape index (κ1) is 15.5. The predicted octanol–water partition coefficient (Wildman–Crippen LogP) is 2.92. The summed E-state index contributed by atoms with van der Waals surface area (Å²) < 4.78 is 24.9. The van der Waals surface area contributed by atoms with Gasteiger partial charge in [-0.1, -0.05) is 12.1 Å². The molecule has 0 atom stereocenters. The first-order valence-electron chi connectivity index (χ1n) is 6.62. The molecule has 0 N–H and O–H groups in total. The summed E-state index contributed by atoms with van der Waals surface area (Å²) in [5.41, 5.74) is 4.53. The lowest BCUT2D eigenvalue weighted by atomic mass is 10.1. The maximum atomic E-state index is 11.8. The number of nitrogens with zero attached hydrogens (tertiary/aromatic N) is 1. The number of hydrogen-bond acceptors (Lipinski definition) is 3. The van der Waals surface area contributed by atoms with Crippen LogP contribution in [0.2, 0.25) is 0 Å². The molecule has 1 heterocycles. The van der Waals surface area contributed by atoms with Crippen molar-refractivity contribution in [1.29, 1.82) is 0 Å². The number of benzene rings is 1. The van der Waals surface area contributed by atoms with Crippen molar-refractivity contribution in [3.8, 4) is 11.3 Å². The summed E-state index contributed by atoms with van der Waals surface area (Å²) in [5.74, 6) is 0.0251. The van der Waals surface area contributed by atoms with Crippen molar-refractivity contribution in [3.05, 3.63) is 41.1 Å². The van der Waals surface area contributed by atoms with Crippen molar-refractivity contribution >= 4 is 15.6 Å². The van der Waals surface area contributed by atoms with E-state index in [1.165, 1.54) is 6.26 Å². The normalized spacial score (nSPS) is 11.7. The van der Waals surface area contributed by atoms with Gasteiger partial charge in [0.05, 0.1) is 16.3 Å². The number of rotatable bonds is 3. The van der Waals surface area contributed by atoms with Crippen LogP contribution in [0, 0.1) is 13.8 Å². The highest BCUT2D eigenvalue weighted by atomic mass is 32.2. The van der Waals surface area contributed by atoms with Crippen LogP contribution in [0.1, 0.15) is 28.5 Å². The zero-order valence-corrected chi connectivity index (χ0v) is 13.7. The molecule has 0 saturated carbocycles. The molecule has 0 bridgehead atoms. The van der Waals surface area contributed by atoms with Gasteiger partial charge in [-0.3, -0.25) is 4.79 Å². The summed E-state index contributed by atoms with van der Waals surface area (Å²) in [6.07, 6.45) is 1.19. The Balaban J connectivity index is 2.63. The average molecular weight is 305 g/mol. The fraction of sp³-hybridized carbons (Fsp3) is 0.312.